The first-order valence-electron chi connectivity index (χ1n) is 37.7. The van der Waals surface area contributed by atoms with Gasteiger partial charge in [0.1, 0.15) is 213 Å². The molecule has 46 atom stereocenters. The Labute approximate surface area is 669 Å². The molecule has 9 rings (SSSR count). The smallest absolute Gasteiger partial charge is 0.217 e. The Hall–Kier alpha value is -4.33. The van der Waals surface area contributed by atoms with E-state index in [4.69, 9.17) is 85.3 Å². The van der Waals surface area contributed by atoms with Crippen LogP contribution in [0.5, 0.6) is 0 Å². The van der Waals surface area contributed by atoms with Crippen LogP contribution in [0.2, 0.25) is 0 Å². The predicted molar refractivity (Wildman–Crippen MR) is 366 cm³/mol. The fourth-order valence-corrected chi connectivity index (χ4v) is 15.0. The van der Waals surface area contributed by atoms with E-state index in [1.54, 1.807) is 0 Å². The fourth-order valence-electron chi connectivity index (χ4n) is 15.0. The standard InChI is InChI=1S/C66H111N5O47/c1-17-35(85)45(95)47(97)63(103-17)118-57-56(117-60-32(69-19(3)82)43(93)37(87)24(8-74)105-60)40(90)27(11-77)108-66(57)113-51-28(12-78)109-58(33(44(51)94)70-20(4)83)102-15-30-41(91)55(115-59-31(68-18(2)81)42(92)36(86)23(7-73)104-59)50(100)65(111-30)114-53-34(71-21(5)84)61(106-25(9-75)38(53)88)116-54-39(89)26(10-76)107-64(49(54)99)112-52-29(13-79)110-62(48(98)46(52)96)101-14-22(6-72)67-16-80/h16-17,22-66,72-79,85-100H,6-15H2,1-5H3,(H,67,80)(H,68,81)(H,69,82)(H,70,83)(H,71,84)/t17-,22+,23+,24+,25+,26+,27+,28+,29+,30+,31+,32+,33+,34+,35+,36+,37-,38+,39-,40-,41-,42+,43+,44+,45+,46+,47-,48+,49+,50+,51+,52+,53+,54-,55-,56-,57+,58+,59-,60+,61-,62+,63-,64-,65-,66-/m0/s1. The Bertz CT molecular complexity index is 3140. The number of ether oxygens (including phenoxy) is 18. The molecule has 0 aromatic heterocycles. The second-order valence-corrected chi connectivity index (χ2v) is 29.6. The van der Waals surface area contributed by atoms with Crippen molar-refractivity contribution in [2.75, 3.05) is 66.1 Å². The van der Waals surface area contributed by atoms with Gasteiger partial charge in [0.25, 0.3) is 0 Å². The molecular formula is C66H111N5O47. The molecule has 9 saturated heterocycles. The van der Waals surface area contributed by atoms with E-state index in [1.807, 2.05) is 0 Å². The van der Waals surface area contributed by atoms with Gasteiger partial charge in [-0.3, -0.25) is 24.0 Å². The Morgan fingerprint density at radius 2 is 0.627 bits per heavy atom. The van der Waals surface area contributed by atoms with Gasteiger partial charge in [-0.2, -0.15) is 0 Å². The first-order chi connectivity index (χ1) is 55.9. The van der Waals surface area contributed by atoms with Crippen molar-refractivity contribution in [3.05, 3.63) is 0 Å². The van der Waals surface area contributed by atoms with E-state index in [-0.39, 0.29) is 6.41 Å². The van der Waals surface area contributed by atoms with E-state index in [0.717, 1.165) is 27.7 Å². The van der Waals surface area contributed by atoms with E-state index >= 15 is 0 Å². The van der Waals surface area contributed by atoms with Crippen LogP contribution in [0.4, 0.5) is 0 Å². The summed E-state index contributed by atoms with van der Waals surface area (Å²) in [5, 5.41) is 280. The topological polar surface area (TPSA) is 797 Å². The van der Waals surface area contributed by atoms with E-state index in [1.165, 1.54) is 6.92 Å². The predicted octanol–water partition coefficient (Wildman–Crippen LogP) is -19.9. The molecule has 0 bridgehead atoms. The third kappa shape index (κ3) is 22.1. The lowest BCUT2D eigenvalue weighted by atomic mass is 9.93. The van der Waals surface area contributed by atoms with E-state index in [2.05, 4.69) is 26.6 Å². The molecule has 0 spiro atoms. The number of aliphatic hydroxyl groups is 24. The molecule has 0 saturated carbocycles. The van der Waals surface area contributed by atoms with Crippen molar-refractivity contribution in [2.45, 2.75) is 317 Å². The van der Waals surface area contributed by atoms with Gasteiger partial charge in [0.15, 0.2) is 56.6 Å². The highest BCUT2D eigenvalue weighted by Gasteiger charge is 2.62. The molecule has 0 aromatic carbocycles. The van der Waals surface area contributed by atoms with Crippen molar-refractivity contribution in [1.29, 1.82) is 0 Å². The zero-order chi connectivity index (χ0) is 86.9. The van der Waals surface area contributed by atoms with Gasteiger partial charge >= 0.3 is 0 Å². The molecule has 5 amide bonds. The first-order valence-corrected chi connectivity index (χ1v) is 37.7. The summed E-state index contributed by atoms with van der Waals surface area (Å²) in [4.78, 5) is 62.9. The Morgan fingerprint density at radius 1 is 0.297 bits per heavy atom. The summed E-state index contributed by atoms with van der Waals surface area (Å²) in [6.45, 7) is -4.93. The molecule has 29 N–H and O–H groups in total. The molecule has 0 aliphatic carbocycles. The number of aliphatic hydroxyl groups excluding tert-OH is 24. The van der Waals surface area contributed by atoms with E-state index < -0.39 is 372 Å². The Balaban J connectivity index is 1.02. The SMILES string of the molecule is CC(=O)N[C@H]1[C@H](OC[C@H]2O[C@@H](O[C@H]3[C@H](O)[C@@H](CO)O[C@@H](O[C@H]4[C@@H](O)[C@@H](CO)O[C@@H](O[C@H]5[C@H](O)[C@@H](O)[C@H](OC[C@@H](CO)NC=O)O[C@@H]5CO)[C@@H]4O)[C@@H]3NC(C)=O)[C@H](O)[C@@H](O[C@@H]3O[C@H](CO)[C@@H](O)[C@H](O)[C@H]3NC(C)=O)[C@H]2O)O[C@H](CO)[C@@H](O[C@@H]2O[C@H](CO)[C@H](O)[C@H](O[C@H]3O[C@H](CO)[C@H](O)[C@H](O)[C@H]3NC(C)=O)[C@H]2O[C@@H]2O[C@@H](C)[C@@H](O)[C@@H](O)[C@@H]2O)[C@@H]1O. The quantitative estimate of drug-likeness (QED) is 0.0266. The molecule has 52 nitrogen and oxygen atoms in total. The summed E-state index contributed by atoms with van der Waals surface area (Å²) < 4.78 is 108. The second-order valence-electron chi connectivity index (χ2n) is 29.6. The maximum absolute atomic E-state index is 13.4. The fraction of sp³-hybridized carbons (Fsp3) is 0.924. The summed E-state index contributed by atoms with van der Waals surface area (Å²) in [7, 11) is 0. The van der Waals surface area contributed by atoms with Gasteiger partial charge in [-0.25, -0.2) is 0 Å². The van der Waals surface area contributed by atoms with Crippen LogP contribution in [0.3, 0.4) is 0 Å². The van der Waals surface area contributed by atoms with Crippen LogP contribution in [-0.2, 0) is 109 Å². The van der Waals surface area contributed by atoms with Crippen LogP contribution in [0, 0.1) is 0 Å². The summed E-state index contributed by atoms with van der Waals surface area (Å²) in [5.74, 6) is -3.72. The minimum Gasteiger partial charge on any atom is -0.394 e. The average molecular weight is 1730 g/mol. The van der Waals surface area contributed by atoms with Crippen LogP contribution in [-0.4, -0.2) is 501 Å². The molecule has 9 fully saturated rings. The average Bonchev–Trinajstić information content (AvgIpc) is 0.758. The lowest BCUT2D eigenvalue weighted by Crippen LogP contribution is -2.71. The van der Waals surface area contributed by atoms with Gasteiger partial charge in [0, 0.05) is 27.7 Å². The summed E-state index contributed by atoms with van der Waals surface area (Å²) in [6, 6.07) is -8.62. The highest BCUT2D eigenvalue weighted by Crippen LogP contribution is 2.41. The number of carbonyl (C=O) groups is 5. The largest absolute Gasteiger partial charge is 0.394 e. The molecule has 52 heteroatoms. The lowest BCUT2D eigenvalue weighted by molar-refractivity contribution is -0.399. The maximum Gasteiger partial charge on any atom is 0.217 e. The van der Waals surface area contributed by atoms with Gasteiger partial charge in [-0.1, -0.05) is 0 Å². The molecule has 0 aromatic rings. The van der Waals surface area contributed by atoms with Gasteiger partial charge in [-0.15, -0.1) is 0 Å². The van der Waals surface area contributed by atoms with Crippen LogP contribution < -0.4 is 26.6 Å². The highest BCUT2D eigenvalue weighted by atomic mass is 16.8. The molecule has 9 aliphatic rings. The third-order valence-electron chi connectivity index (χ3n) is 21.3. The van der Waals surface area contributed by atoms with Gasteiger partial charge in [-0.05, 0) is 6.92 Å². The molecule has 118 heavy (non-hydrogen) atoms. The van der Waals surface area contributed by atoms with E-state index in [9.17, 15) is 147 Å². The van der Waals surface area contributed by atoms with Crippen molar-refractivity contribution >= 4 is 30.0 Å². The van der Waals surface area contributed by atoms with Crippen molar-refractivity contribution in [3.8, 4) is 0 Å². The summed E-state index contributed by atoms with van der Waals surface area (Å²) in [6.07, 6.45) is -83.8. The van der Waals surface area contributed by atoms with Crippen LogP contribution in [0.1, 0.15) is 34.6 Å². The Kier molecular flexibility index (Phi) is 36.0. The monoisotopic (exact) mass is 1730 g/mol. The molecular weight excluding hydrogens is 1610 g/mol. The molecule has 682 valence electrons. The number of hydrogen-bond donors (Lipinski definition) is 29. The first kappa shape index (κ1) is 97.5. The third-order valence-corrected chi connectivity index (χ3v) is 21.3. The zero-order valence-electron chi connectivity index (χ0n) is 63.8. The summed E-state index contributed by atoms with van der Waals surface area (Å²) in [5.41, 5.74) is 0. The van der Waals surface area contributed by atoms with Crippen molar-refractivity contribution in [2.24, 2.45) is 0 Å². The number of carbonyl (C=O) groups excluding carboxylic acids is 5. The van der Waals surface area contributed by atoms with Crippen molar-refractivity contribution < 1.29 is 232 Å². The second kappa shape index (κ2) is 43.5. The molecule has 0 unspecified atom stereocenters. The normalized spacial score (nSPS) is 47.2. The van der Waals surface area contributed by atoms with Crippen LogP contribution in [0.15, 0.2) is 0 Å². The molecule has 9 aliphatic heterocycles. The Morgan fingerprint density at radius 3 is 1.09 bits per heavy atom. The number of amides is 5. The molecule has 0 radical (unpaired) electrons. The van der Waals surface area contributed by atoms with Gasteiger partial charge in [0.05, 0.1) is 78.2 Å². The number of nitrogens with one attached hydrogen (secondary N) is 5. The van der Waals surface area contributed by atoms with Crippen LogP contribution >= 0.6 is 0 Å². The minimum atomic E-state index is -2.49. The minimum absolute atomic E-state index is 0.244. The maximum atomic E-state index is 13.4. The van der Waals surface area contributed by atoms with Gasteiger partial charge < -0.3 is 234 Å². The summed E-state index contributed by atoms with van der Waals surface area (Å²) >= 11 is 0. The van der Waals surface area contributed by atoms with Crippen molar-refractivity contribution in [1.82, 2.24) is 26.6 Å². The molecule has 9 heterocycles. The lowest BCUT2D eigenvalue weighted by Gasteiger charge is -2.51. The highest BCUT2D eigenvalue weighted by molar-refractivity contribution is 5.74. The van der Waals surface area contributed by atoms with Gasteiger partial charge in [0.2, 0.25) is 30.0 Å². The number of hydrogen-bond acceptors (Lipinski definition) is 47. The van der Waals surface area contributed by atoms with E-state index in [0.29, 0.717) is 0 Å². The zero-order valence-corrected chi connectivity index (χ0v) is 63.8. The van der Waals surface area contributed by atoms with Crippen molar-refractivity contribution in [3.63, 3.8) is 0 Å². The van der Waals surface area contributed by atoms with Crippen LogP contribution in [0.25, 0.3) is 0 Å². The number of rotatable bonds is 34.